The lowest BCUT2D eigenvalue weighted by Gasteiger charge is -2.19. The van der Waals surface area contributed by atoms with Crippen LogP contribution in [0, 0.1) is 5.92 Å². The van der Waals surface area contributed by atoms with Gasteiger partial charge in [0.1, 0.15) is 5.82 Å². The van der Waals surface area contributed by atoms with Crippen molar-refractivity contribution in [2.24, 2.45) is 5.92 Å². The molecule has 0 spiro atoms. The van der Waals surface area contributed by atoms with Gasteiger partial charge in [-0.1, -0.05) is 76.1 Å². The minimum Gasteiger partial charge on any atom is -0.478 e. The Morgan fingerprint density at radius 2 is 1.88 bits per heavy atom. The number of aromatic nitrogens is 4. The Bertz CT molecular complexity index is 1050. The molecule has 2 aromatic heterocycles. The van der Waals surface area contributed by atoms with Crippen LogP contribution < -0.4 is 0 Å². The number of nitrogens with zero attached hydrogens (tertiary/aromatic N) is 4. The molecule has 33 heavy (non-hydrogen) atoms. The third kappa shape index (κ3) is 6.06. The molecule has 0 unspecified atom stereocenters. The molecule has 0 atom stereocenters. The highest BCUT2D eigenvalue weighted by atomic mass is 16.4. The van der Waals surface area contributed by atoms with Crippen molar-refractivity contribution in [3.05, 3.63) is 65.5 Å². The molecular weight excluding hydrogens is 412 g/mol. The van der Waals surface area contributed by atoms with Crippen LogP contribution in [0.25, 0.3) is 11.1 Å². The summed E-state index contributed by atoms with van der Waals surface area (Å²) < 4.78 is 2.12. The molecule has 1 aliphatic carbocycles. The molecule has 6 nitrogen and oxygen atoms in total. The van der Waals surface area contributed by atoms with Crippen molar-refractivity contribution >= 4 is 5.97 Å². The summed E-state index contributed by atoms with van der Waals surface area (Å²) >= 11 is 0. The topological polar surface area (TPSA) is 80.9 Å². The van der Waals surface area contributed by atoms with E-state index in [2.05, 4.69) is 28.7 Å². The first-order chi connectivity index (χ1) is 16.1. The number of carboxylic acid groups (broad SMARTS) is 1. The Kier molecular flexibility index (Phi) is 7.87. The van der Waals surface area contributed by atoms with E-state index in [1.807, 2.05) is 12.1 Å². The number of aromatic carboxylic acids is 1. The highest BCUT2D eigenvalue weighted by Gasteiger charge is 2.18. The standard InChI is InChI=1S/C27H34N4O2/c1-2-3-7-16-31-26(29-25(30-31)17-20-8-5-4-6-9-20)18-21-10-12-22(13-11-21)23-14-15-28-19-24(23)27(32)33/h10-15,19-20H,2-9,16-18H2,1H3,(H,32,33). The van der Waals surface area contributed by atoms with Gasteiger partial charge < -0.3 is 5.11 Å². The summed E-state index contributed by atoms with van der Waals surface area (Å²) in [5.41, 5.74) is 2.92. The lowest BCUT2D eigenvalue weighted by atomic mass is 9.87. The van der Waals surface area contributed by atoms with Crippen molar-refractivity contribution in [1.82, 2.24) is 19.7 Å². The third-order valence-electron chi connectivity index (χ3n) is 6.64. The maximum absolute atomic E-state index is 11.5. The van der Waals surface area contributed by atoms with E-state index in [4.69, 9.17) is 10.1 Å². The Balaban J connectivity index is 1.51. The fraction of sp³-hybridized carbons (Fsp3) is 0.481. The highest BCUT2D eigenvalue weighted by Crippen LogP contribution is 2.27. The largest absolute Gasteiger partial charge is 0.478 e. The monoisotopic (exact) mass is 446 g/mol. The molecule has 1 aromatic carbocycles. The van der Waals surface area contributed by atoms with Gasteiger partial charge in [-0.2, -0.15) is 5.10 Å². The number of hydrogen-bond acceptors (Lipinski definition) is 4. The van der Waals surface area contributed by atoms with Gasteiger partial charge in [0.05, 0.1) is 5.56 Å². The van der Waals surface area contributed by atoms with Crippen LogP contribution in [0.2, 0.25) is 0 Å². The van der Waals surface area contributed by atoms with Gasteiger partial charge in [0.15, 0.2) is 5.82 Å². The molecule has 3 aromatic rings. The number of unbranched alkanes of at least 4 members (excludes halogenated alkanes) is 2. The summed E-state index contributed by atoms with van der Waals surface area (Å²) in [6.07, 6.45) is 14.9. The van der Waals surface area contributed by atoms with Gasteiger partial charge in [-0.05, 0) is 35.1 Å². The number of carbonyl (C=O) groups is 1. The van der Waals surface area contributed by atoms with E-state index in [1.165, 1.54) is 51.1 Å². The predicted octanol–water partition coefficient (Wildman–Crippen LogP) is 5.94. The Morgan fingerprint density at radius 1 is 1.09 bits per heavy atom. The van der Waals surface area contributed by atoms with Crippen molar-refractivity contribution in [3.8, 4) is 11.1 Å². The summed E-state index contributed by atoms with van der Waals surface area (Å²) in [7, 11) is 0. The minimum atomic E-state index is -0.965. The summed E-state index contributed by atoms with van der Waals surface area (Å²) in [4.78, 5) is 20.4. The van der Waals surface area contributed by atoms with E-state index in [0.717, 1.165) is 54.5 Å². The molecule has 0 amide bonds. The van der Waals surface area contributed by atoms with Gasteiger partial charge in [0.2, 0.25) is 0 Å². The predicted molar refractivity (Wildman–Crippen MR) is 129 cm³/mol. The molecule has 1 fully saturated rings. The maximum atomic E-state index is 11.5. The molecule has 4 rings (SSSR count). The zero-order valence-electron chi connectivity index (χ0n) is 19.5. The number of hydrogen-bond donors (Lipinski definition) is 1. The van der Waals surface area contributed by atoms with Gasteiger partial charge in [0, 0.05) is 31.8 Å². The number of benzene rings is 1. The van der Waals surface area contributed by atoms with Crippen LogP contribution in [-0.2, 0) is 19.4 Å². The summed E-state index contributed by atoms with van der Waals surface area (Å²) in [6, 6.07) is 9.84. The van der Waals surface area contributed by atoms with Crippen LogP contribution in [0.3, 0.4) is 0 Å². The van der Waals surface area contributed by atoms with Crippen LogP contribution in [0.5, 0.6) is 0 Å². The molecule has 2 heterocycles. The molecule has 0 bridgehead atoms. The van der Waals surface area contributed by atoms with Crippen LogP contribution in [0.4, 0.5) is 0 Å². The number of aryl methyl sites for hydroxylation is 1. The first-order valence-corrected chi connectivity index (χ1v) is 12.3. The Morgan fingerprint density at radius 3 is 2.61 bits per heavy atom. The van der Waals surface area contributed by atoms with Crippen molar-refractivity contribution in [2.45, 2.75) is 77.7 Å². The lowest BCUT2D eigenvalue weighted by Crippen LogP contribution is -2.10. The first-order valence-electron chi connectivity index (χ1n) is 12.3. The van der Waals surface area contributed by atoms with Gasteiger partial charge in [-0.3, -0.25) is 4.98 Å². The average Bonchev–Trinajstić information content (AvgIpc) is 3.21. The fourth-order valence-electron chi connectivity index (χ4n) is 4.78. The zero-order chi connectivity index (χ0) is 23.0. The summed E-state index contributed by atoms with van der Waals surface area (Å²) in [5.74, 6) is 1.78. The number of carboxylic acids is 1. The molecule has 0 aliphatic heterocycles. The van der Waals surface area contributed by atoms with Crippen molar-refractivity contribution in [1.29, 1.82) is 0 Å². The second kappa shape index (κ2) is 11.2. The zero-order valence-corrected chi connectivity index (χ0v) is 19.5. The van der Waals surface area contributed by atoms with Gasteiger partial charge in [0.25, 0.3) is 0 Å². The molecule has 1 N–H and O–H groups in total. The third-order valence-corrected chi connectivity index (χ3v) is 6.64. The molecule has 1 aliphatic rings. The summed E-state index contributed by atoms with van der Waals surface area (Å²) in [6.45, 7) is 3.13. The second-order valence-electron chi connectivity index (χ2n) is 9.18. The van der Waals surface area contributed by atoms with Crippen LogP contribution in [0.1, 0.15) is 85.9 Å². The maximum Gasteiger partial charge on any atom is 0.337 e. The number of pyridine rings is 1. The lowest BCUT2D eigenvalue weighted by molar-refractivity contribution is 0.0697. The minimum absolute atomic E-state index is 0.216. The van der Waals surface area contributed by atoms with Crippen molar-refractivity contribution in [2.75, 3.05) is 0 Å². The van der Waals surface area contributed by atoms with E-state index < -0.39 is 5.97 Å². The van der Waals surface area contributed by atoms with Gasteiger partial charge >= 0.3 is 5.97 Å². The Labute approximate surface area is 196 Å². The van der Waals surface area contributed by atoms with Gasteiger partial charge in [-0.25, -0.2) is 14.5 Å². The smallest absolute Gasteiger partial charge is 0.337 e. The molecular formula is C27H34N4O2. The average molecular weight is 447 g/mol. The molecule has 1 saturated carbocycles. The molecule has 6 heteroatoms. The van der Waals surface area contributed by atoms with Gasteiger partial charge in [-0.15, -0.1) is 0 Å². The molecule has 174 valence electrons. The Hall–Kier alpha value is -3.02. The summed E-state index contributed by atoms with van der Waals surface area (Å²) in [5, 5.41) is 14.4. The quantitative estimate of drug-likeness (QED) is 0.390. The molecule has 0 radical (unpaired) electrons. The van der Waals surface area contributed by atoms with Crippen LogP contribution >= 0.6 is 0 Å². The van der Waals surface area contributed by atoms with E-state index in [1.54, 1.807) is 12.3 Å². The normalized spacial score (nSPS) is 14.5. The second-order valence-corrected chi connectivity index (χ2v) is 9.18. The van der Waals surface area contributed by atoms with Crippen LogP contribution in [0.15, 0.2) is 42.7 Å². The van der Waals surface area contributed by atoms with Crippen molar-refractivity contribution in [3.63, 3.8) is 0 Å². The SMILES string of the molecule is CCCCCn1nc(CC2CCCCC2)nc1Cc1ccc(-c2ccncc2C(=O)O)cc1. The highest BCUT2D eigenvalue weighted by molar-refractivity contribution is 5.95. The van der Waals surface area contributed by atoms with E-state index in [-0.39, 0.29) is 5.56 Å². The molecule has 0 saturated heterocycles. The van der Waals surface area contributed by atoms with E-state index in [9.17, 15) is 9.90 Å². The van der Waals surface area contributed by atoms with E-state index >= 15 is 0 Å². The van der Waals surface area contributed by atoms with Crippen LogP contribution in [-0.4, -0.2) is 30.8 Å². The first kappa shape index (κ1) is 23.1. The number of rotatable bonds is 10. The fourth-order valence-corrected chi connectivity index (χ4v) is 4.78. The van der Waals surface area contributed by atoms with E-state index in [0.29, 0.717) is 5.56 Å². The van der Waals surface area contributed by atoms with Crippen molar-refractivity contribution < 1.29 is 9.90 Å².